The van der Waals surface area contributed by atoms with Crippen LogP contribution >= 0.6 is 0 Å². The molecule has 2 rings (SSSR count). The Labute approximate surface area is 133 Å². The number of aryl methyl sites for hydroxylation is 2. The SMILES string of the molecule is [11CH3]Oc1ccc(CCCNCCCc2ccc(O)cc2)cc1. The first kappa shape index (κ1) is 16.4. The summed E-state index contributed by atoms with van der Waals surface area (Å²) in [4.78, 5) is 0. The average molecular weight is 298 g/mol. The van der Waals surface area contributed by atoms with Crippen LogP contribution in [0.5, 0.6) is 11.5 Å². The number of phenols is 1. The number of hydrogen-bond donors (Lipinski definition) is 2. The van der Waals surface area contributed by atoms with Crippen molar-refractivity contribution in [2.24, 2.45) is 0 Å². The number of methoxy groups -OCH3 is 1. The lowest BCUT2D eigenvalue weighted by molar-refractivity contribution is 0.414. The minimum atomic E-state index is 0.334. The third kappa shape index (κ3) is 5.78. The highest BCUT2D eigenvalue weighted by molar-refractivity contribution is 5.27. The van der Waals surface area contributed by atoms with Crippen molar-refractivity contribution in [3.63, 3.8) is 0 Å². The standard InChI is InChI=1S/C19H25NO2/c1-22-19-12-8-17(9-13-19)5-3-15-20-14-2-4-16-6-10-18(21)11-7-16/h6-13,20-21H,2-5,14-15H2,1H3/i1-1. The summed E-state index contributed by atoms with van der Waals surface area (Å²) in [7, 11) is 1.69. The maximum atomic E-state index is 9.23. The average Bonchev–Trinajstić information content (AvgIpc) is 2.56. The first-order valence-electron chi connectivity index (χ1n) is 7.89. The van der Waals surface area contributed by atoms with Gasteiger partial charge in [0.2, 0.25) is 0 Å². The molecule has 0 spiro atoms. The van der Waals surface area contributed by atoms with Crippen molar-refractivity contribution in [1.82, 2.24) is 5.32 Å². The van der Waals surface area contributed by atoms with Crippen LogP contribution in [0.1, 0.15) is 24.0 Å². The molecule has 0 atom stereocenters. The summed E-state index contributed by atoms with van der Waals surface area (Å²) in [5.41, 5.74) is 2.63. The van der Waals surface area contributed by atoms with Crippen LogP contribution in [0.25, 0.3) is 0 Å². The minimum Gasteiger partial charge on any atom is -0.508 e. The molecule has 0 aliphatic heterocycles. The zero-order valence-electron chi connectivity index (χ0n) is 13.2. The number of benzene rings is 2. The van der Waals surface area contributed by atoms with Gasteiger partial charge in [0.15, 0.2) is 0 Å². The lowest BCUT2D eigenvalue weighted by Crippen LogP contribution is -2.17. The number of phenolic OH excluding ortho intramolecular Hbond substituents is 1. The monoisotopic (exact) mass is 298 g/mol. The molecule has 0 saturated heterocycles. The molecule has 0 heterocycles. The van der Waals surface area contributed by atoms with Crippen molar-refractivity contribution in [2.45, 2.75) is 25.7 Å². The van der Waals surface area contributed by atoms with Gasteiger partial charge in [0.1, 0.15) is 11.5 Å². The third-order valence-corrected chi connectivity index (χ3v) is 3.73. The van der Waals surface area contributed by atoms with E-state index in [1.807, 2.05) is 24.3 Å². The molecule has 2 aromatic rings. The maximum Gasteiger partial charge on any atom is 0.118 e. The molecule has 0 unspecified atom stereocenters. The van der Waals surface area contributed by atoms with Gasteiger partial charge in [-0.15, -0.1) is 0 Å². The van der Waals surface area contributed by atoms with E-state index >= 15 is 0 Å². The van der Waals surface area contributed by atoms with Gasteiger partial charge < -0.3 is 15.2 Å². The molecule has 0 radical (unpaired) electrons. The van der Waals surface area contributed by atoms with Crippen LogP contribution in [-0.2, 0) is 12.8 Å². The molecular weight excluding hydrogens is 273 g/mol. The predicted molar refractivity (Wildman–Crippen MR) is 90.6 cm³/mol. The number of aromatic hydroxyl groups is 1. The van der Waals surface area contributed by atoms with Crippen LogP contribution < -0.4 is 10.1 Å². The summed E-state index contributed by atoms with van der Waals surface area (Å²) in [6.45, 7) is 2.07. The van der Waals surface area contributed by atoms with Gasteiger partial charge in [-0.1, -0.05) is 24.3 Å². The lowest BCUT2D eigenvalue weighted by Gasteiger charge is -2.06. The van der Waals surface area contributed by atoms with Crippen LogP contribution in [0, 0.1) is 0 Å². The van der Waals surface area contributed by atoms with E-state index in [0.29, 0.717) is 5.75 Å². The van der Waals surface area contributed by atoms with Crippen LogP contribution in [0.3, 0.4) is 0 Å². The van der Waals surface area contributed by atoms with Crippen molar-refractivity contribution in [3.05, 3.63) is 59.7 Å². The van der Waals surface area contributed by atoms with E-state index in [1.165, 1.54) is 11.1 Å². The van der Waals surface area contributed by atoms with E-state index in [-0.39, 0.29) is 0 Å². The molecule has 0 fully saturated rings. The van der Waals surface area contributed by atoms with E-state index in [2.05, 4.69) is 17.4 Å². The van der Waals surface area contributed by atoms with Crippen LogP contribution in [0.15, 0.2) is 48.5 Å². The molecule has 3 nitrogen and oxygen atoms in total. The molecule has 0 aromatic heterocycles. The Kier molecular flexibility index (Phi) is 6.78. The third-order valence-electron chi connectivity index (χ3n) is 3.73. The molecule has 0 bridgehead atoms. The highest BCUT2D eigenvalue weighted by atomic mass is 16.4. The van der Waals surface area contributed by atoms with Gasteiger partial charge >= 0.3 is 0 Å². The van der Waals surface area contributed by atoms with Crippen LogP contribution in [0.4, 0.5) is 0 Å². The van der Waals surface area contributed by atoms with E-state index in [4.69, 9.17) is 4.74 Å². The molecule has 0 aliphatic carbocycles. The Morgan fingerprint density at radius 1 is 0.818 bits per heavy atom. The fourth-order valence-electron chi connectivity index (χ4n) is 2.41. The summed E-state index contributed by atoms with van der Waals surface area (Å²) in [5, 5.41) is 12.7. The second-order valence-electron chi connectivity index (χ2n) is 5.47. The molecular formula is C19H25NO2. The second-order valence-corrected chi connectivity index (χ2v) is 5.47. The Bertz CT molecular complexity index is 534. The quantitative estimate of drug-likeness (QED) is 0.696. The second kappa shape index (κ2) is 9.11. The fraction of sp³-hybridized carbons (Fsp3) is 0.368. The number of nitrogens with one attached hydrogen (secondary N) is 1. The Balaban J connectivity index is 1.52. The summed E-state index contributed by atoms with van der Waals surface area (Å²) in [6.07, 6.45) is 4.40. The molecule has 0 aliphatic rings. The molecule has 118 valence electrons. The smallest absolute Gasteiger partial charge is 0.118 e. The largest absolute Gasteiger partial charge is 0.508 e. The molecule has 2 aromatic carbocycles. The molecule has 0 amide bonds. The van der Waals surface area contributed by atoms with Crippen molar-refractivity contribution in [3.8, 4) is 11.5 Å². The van der Waals surface area contributed by atoms with Gasteiger partial charge in [0.05, 0.1) is 7.11 Å². The number of ether oxygens (including phenoxy) is 1. The molecule has 3 heteroatoms. The van der Waals surface area contributed by atoms with Gasteiger partial charge in [0, 0.05) is 0 Å². The first-order valence-corrected chi connectivity index (χ1v) is 7.89. The normalized spacial score (nSPS) is 10.6. The number of hydrogen-bond acceptors (Lipinski definition) is 3. The topological polar surface area (TPSA) is 41.5 Å². The summed E-state index contributed by atoms with van der Waals surface area (Å²) in [5.74, 6) is 1.25. The Morgan fingerprint density at radius 3 is 1.82 bits per heavy atom. The Morgan fingerprint density at radius 2 is 1.32 bits per heavy atom. The molecule has 22 heavy (non-hydrogen) atoms. The summed E-state index contributed by atoms with van der Waals surface area (Å²) >= 11 is 0. The van der Waals surface area contributed by atoms with E-state index in [9.17, 15) is 5.11 Å². The zero-order chi connectivity index (χ0) is 15.6. The number of rotatable bonds is 9. The summed E-state index contributed by atoms with van der Waals surface area (Å²) < 4.78 is 5.16. The van der Waals surface area contributed by atoms with Gasteiger partial charge in [-0.2, -0.15) is 0 Å². The summed E-state index contributed by atoms with van der Waals surface area (Å²) in [6, 6.07) is 15.8. The van der Waals surface area contributed by atoms with Gasteiger partial charge in [-0.3, -0.25) is 0 Å². The van der Waals surface area contributed by atoms with Gasteiger partial charge in [-0.25, -0.2) is 0 Å². The van der Waals surface area contributed by atoms with E-state index in [1.54, 1.807) is 19.2 Å². The minimum absolute atomic E-state index is 0.334. The van der Waals surface area contributed by atoms with E-state index in [0.717, 1.165) is 44.5 Å². The fourth-order valence-corrected chi connectivity index (χ4v) is 2.41. The highest BCUT2D eigenvalue weighted by Crippen LogP contribution is 2.12. The first-order chi connectivity index (χ1) is 10.8. The molecule has 0 saturated carbocycles. The zero-order valence-corrected chi connectivity index (χ0v) is 13.2. The van der Waals surface area contributed by atoms with Crippen LogP contribution in [0.2, 0.25) is 0 Å². The van der Waals surface area contributed by atoms with Gasteiger partial charge in [-0.05, 0) is 74.2 Å². The highest BCUT2D eigenvalue weighted by Gasteiger charge is 1.96. The van der Waals surface area contributed by atoms with Crippen LogP contribution in [-0.4, -0.2) is 25.3 Å². The van der Waals surface area contributed by atoms with Crippen molar-refractivity contribution < 1.29 is 9.84 Å². The predicted octanol–water partition coefficient (Wildman–Crippen LogP) is 3.56. The maximum absolute atomic E-state index is 9.23. The van der Waals surface area contributed by atoms with Crippen molar-refractivity contribution in [2.75, 3.05) is 20.2 Å². The van der Waals surface area contributed by atoms with Crippen molar-refractivity contribution >= 4 is 0 Å². The Hall–Kier alpha value is -2.00. The van der Waals surface area contributed by atoms with E-state index < -0.39 is 0 Å². The van der Waals surface area contributed by atoms with Crippen molar-refractivity contribution in [1.29, 1.82) is 0 Å². The lowest BCUT2D eigenvalue weighted by atomic mass is 10.1. The molecule has 2 N–H and O–H groups in total. The van der Waals surface area contributed by atoms with Gasteiger partial charge in [0.25, 0.3) is 0 Å².